The molecular weight excluding hydrogens is 250 g/mol. The Kier molecular flexibility index (Phi) is 8.20. The fourth-order valence-corrected chi connectivity index (χ4v) is 3.06. The van der Waals surface area contributed by atoms with Crippen LogP contribution in [-0.2, 0) is 4.79 Å². The lowest BCUT2D eigenvalue weighted by molar-refractivity contribution is -0.124. The van der Waals surface area contributed by atoms with Gasteiger partial charge in [0.15, 0.2) is 0 Å². The van der Waals surface area contributed by atoms with Gasteiger partial charge in [0.2, 0.25) is 5.91 Å². The summed E-state index contributed by atoms with van der Waals surface area (Å²) >= 11 is 0. The average Bonchev–Trinajstić information content (AvgIpc) is 2.45. The fraction of sp³-hybridized carbons (Fsp3) is 0.941. The first-order chi connectivity index (χ1) is 9.62. The zero-order valence-corrected chi connectivity index (χ0v) is 13.4. The summed E-state index contributed by atoms with van der Waals surface area (Å²) in [5, 5.41) is 12.7. The molecule has 118 valence electrons. The number of carbonyl (C=O) groups is 1. The van der Waals surface area contributed by atoms with Gasteiger partial charge in [0.05, 0.1) is 12.1 Å². The van der Waals surface area contributed by atoms with Gasteiger partial charge in [-0.25, -0.2) is 0 Å². The van der Waals surface area contributed by atoms with Gasteiger partial charge in [-0.05, 0) is 38.0 Å². The van der Waals surface area contributed by atoms with E-state index in [-0.39, 0.29) is 18.1 Å². The van der Waals surface area contributed by atoms with E-state index < -0.39 is 0 Å². The highest BCUT2D eigenvalue weighted by Gasteiger charge is 2.34. The molecule has 1 saturated carbocycles. The van der Waals surface area contributed by atoms with Crippen molar-refractivity contribution in [2.24, 2.45) is 5.92 Å². The molecule has 1 rings (SSSR count). The summed E-state index contributed by atoms with van der Waals surface area (Å²) in [7, 11) is 0. The number of rotatable bonds is 9. The Morgan fingerprint density at radius 1 is 1.15 bits per heavy atom. The van der Waals surface area contributed by atoms with Crippen molar-refractivity contribution in [2.45, 2.75) is 90.0 Å². The third-order valence-electron chi connectivity index (χ3n) is 4.70. The second kappa shape index (κ2) is 9.38. The van der Waals surface area contributed by atoms with Gasteiger partial charge in [-0.3, -0.25) is 4.79 Å². The summed E-state index contributed by atoms with van der Waals surface area (Å²) in [4.78, 5) is 12.0. The molecular formula is C17H33NO2. The van der Waals surface area contributed by atoms with Crippen molar-refractivity contribution in [1.82, 2.24) is 5.32 Å². The van der Waals surface area contributed by atoms with Crippen molar-refractivity contribution in [1.29, 1.82) is 0 Å². The van der Waals surface area contributed by atoms with E-state index in [1.54, 1.807) is 0 Å². The summed E-state index contributed by atoms with van der Waals surface area (Å²) in [6.07, 6.45) is 11.9. The van der Waals surface area contributed by atoms with E-state index in [9.17, 15) is 9.90 Å². The van der Waals surface area contributed by atoms with Crippen molar-refractivity contribution < 1.29 is 9.90 Å². The SMILES string of the molecule is CCCCCCCCC(=O)NC1(CO)CCC(C)CC1. The number of aliphatic hydroxyl groups is 1. The van der Waals surface area contributed by atoms with Gasteiger partial charge in [-0.1, -0.05) is 46.0 Å². The lowest BCUT2D eigenvalue weighted by Gasteiger charge is -2.38. The molecule has 0 unspecified atom stereocenters. The van der Waals surface area contributed by atoms with E-state index in [1.807, 2.05) is 0 Å². The van der Waals surface area contributed by atoms with Crippen LogP contribution in [0.3, 0.4) is 0 Å². The monoisotopic (exact) mass is 283 g/mol. The van der Waals surface area contributed by atoms with Crippen LogP contribution < -0.4 is 5.32 Å². The van der Waals surface area contributed by atoms with Crippen LogP contribution in [0.1, 0.15) is 84.5 Å². The van der Waals surface area contributed by atoms with E-state index in [0.29, 0.717) is 6.42 Å². The Balaban J connectivity index is 2.19. The van der Waals surface area contributed by atoms with Gasteiger partial charge in [0.1, 0.15) is 0 Å². The molecule has 0 atom stereocenters. The summed E-state index contributed by atoms with van der Waals surface area (Å²) in [6.45, 7) is 4.55. The van der Waals surface area contributed by atoms with E-state index in [0.717, 1.165) is 44.4 Å². The minimum Gasteiger partial charge on any atom is -0.394 e. The van der Waals surface area contributed by atoms with Crippen molar-refractivity contribution in [3.8, 4) is 0 Å². The molecule has 0 bridgehead atoms. The van der Waals surface area contributed by atoms with Crippen LogP contribution in [0.5, 0.6) is 0 Å². The molecule has 1 fully saturated rings. The van der Waals surface area contributed by atoms with Gasteiger partial charge in [-0.15, -0.1) is 0 Å². The lowest BCUT2D eigenvalue weighted by atomic mass is 9.77. The summed E-state index contributed by atoms with van der Waals surface area (Å²) < 4.78 is 0. The van der Waals surface area contributed by atoms with Gasteiger partial charge in [0.25, 0.3) is 0 Å². The quantitative estimate of drug-likeness (QED) is 0.632. The van der Waals surface area contributed by atoms with Crippen molar-refractivity contribution >= 4 is 5.91 Å². The van der Waals surface area contributed by atoms with Gasteiger partial charge in [0, 0.05) is 6.42 Å². The molecule has 1 aliphatic carbocycles. The Morgan fingerprint density at radius 2 is 1.75 bits per heavy atom. The van der Waals surface area contributed by atoms with E-state index >= 15 is 0 Å². The van der Waals surface area contributed by atoms with E-state index in [1.165, 1.54) is 25.7 Å². The Hall–Kier alpha value is -0.570. The van der Waals surface area contributed by atoms with E-state index in [4.69, 9.17) is 0 Å². The zero-order chi connectivity index (χ0) is 14.8. The molecule has 0 saturated heterocycles. The van der Waals surface area contributed by atoms with Crippen LogP contribution >= 0.6 is 0 Å². The smallest absolute Gasteiger partial charge is 0.220 e. The molecule has 0 aromatic carbocycles. The molecule has 0 heterocycles. The highest BCUT2D eigenvalue weighted by atomic mass is 16.3. The van der Waals surface area contributed by atoms with Crippen molar-refractivity contribution in [2.75, 3.05) is 6.61 Å². The molecule has 0 aliphatic heterocycles. The molecule has 3 heteroatoms. The number of hydrogen-bond donors (Lipinski definition) is 2. The molecule has 2 N–H and O–H groups in total. The number of amides is 1. The van der Waals surface area contributed by atoms with Gasteiger partial charge >= 0.3 is 0 Å². The number of nitrogens with one attached hydrogen (secondary N) is 1. The van der Waals surface area contributed by atoms with Crippen LogP contribution in [0.2, 0.25) is 0 Å². The highest BCUT2D eigenvalue weighted by Crippen LogP contribution is 2.31. The zero-order valence-electron chi connectivity index (χ0n) is 13.4. The van der Waals surface area contributed by atoms with Crippen LogP contribution in [0, 0.1) is 5.92 Å². The minimum absolute atomic E-state index is 0.0853. The largest absolute Gasteiger partial charge is 0.394 e. The van der Waals surface area contributed by atoms with Gasteiger partial charge in [-0.2, -0.15) is 0 Å². The molecule has 0 radical (unpaired) electrons. The lowest BCUT2D eigenvalue weighted by Crippen LogP contribution is -2.53. The van der Waals surface area contributed by atoms with Crippen LogP contribution in [0.25, 0.3) is 0 Å². The molecule has 1 amide bonds. The third kappa shape index (κ3) is 6.25. The fourth-order valence-electron chi connectivity index (χ4n) is 3.06. The summed E-state index contributed by atoms with van der Waals surface area (Å²) in [6, 6.07) is 0. The molecule has 1 aliphatic rings. The van der Waals surface area contributed by atoms with E-state index in [2.05, 4.69) is 19.2 Å². The van der Waals surface area contributed by atoms with Crippen molar-refractivity contribution in [3.05, 3.63) is 0 Å². The second-order valence-electron chi connectivity index (χ2n) is 6.69. The Labute approximate surface area is 124 Å². The predicted molar refractivity (Wildman–Crippen MR) is 83.6 cm³/mol. The van der Waals surface area contributed by atoms with Gasteiger partial charge < -0.3 is 10.4 Å². The number of unbranched alkanes of at least 4 members (excludes halogenated alkanes) is 5. The first kappa shape index (κ1) is 17.5. The Morgan fingerprint density at radius 3 is 2.35 bits per heavy atom. The normalized spacial score (nSPS) is 26.4. The maximum absolute atomic E-state index is 12.0. The first-order valence-corrected chi connectivity index (χ1v) is 8.54. The summed E-state index contributed by atoms with van der Waals surface area (Å²) in [5.41, 5.74) is -0.328. The van der Waals surface area contributed by atoms with Crippen LogP contribution in [-0.4, -0.2) is 23.2 Å². The number of hydrogen-bond acceptors (Lipinski definition) is 2. The molecule has 0 aromatic rings. The number of carbonyl (C=O) groups excluding carboxylic acids is 1. The molecule has 20 heavy (non-hydrogen) atoms. The molecule has 0 spiro atoms. The van der Waals surface area contributed by atoms with Crippen molar-refractivity contribution in [3.63, 3.8) is 0 Å². The highest BCUT2D eigenvalue weighted by molar-refractivity contribution is 5.76. The Bertz CT molecular complexity index is 270. The molecule has 3 nitrogen and oxygen atoms in total. The maximum atomic E-state index is 12.0. The topological polar surface area (TPSA) is 49.3 Å². The molecule has 0 aromatic heterocycles. The standard InChI is InChI=1S/C17H33NO2/c1-3-4-5-6-7-8-9-16(20)18-17(14-19)12-10-15(2)11-13-17/h15,19H,3-14H2,1-2H3,(H,18,20). The number of aliphatic hydroxyl groups excluding tert-OH is 1. The second-order valence-corrected chi connectivity index (χ2v) is 6.69. The predicted octanol–water partition coefficient (Wildman–Crippen LogP) is 3.79. The minimum atomic E-state index is -0.328. The summed E-state index contributed by atoms with van der Waals surface area (Å²) in [5.74, 6) is 0.856. The van der Waals surface area contributed by atoms with Crippen LogP contribution in [0.4, 0.5) is 0 Å². The average molecular weight is 283 g/mol. The third-order valence-corrected chi connectivity index (χ3v) is 4.70. The first-order valence-electron chi connectivity index (χ1n) is 8.54. The van der Waals surface area contributed by atoms with Crippen LogP contribution in [0.15, 0.2) is 0 Å². The maximum Gasteiger partial charge on any atom is 0.220 e.